The predicted octanol–water partition coefficient (Wildman–Crippen LogP) is 4.49. The van der Waals surface area contributed by atoms with E-state index in [2.05, 4.69) is 15.9 Å². The van der Waals surface area contributed by atoms with Crippen LogP contribution in [0.15, 0.2) is 46.4 Å². The van der Waals surface area contributed by atoms with Crippen LogP contribution >= 0.6 is 27.3 Å². The van der Waals surface area contributed by atoms with Gasteiger partial charge in [-0.15, -0.1) is 11.3 Å². The first kappa shape index (κ1) is 12.6. The standard InChI is InChI=1S/C14H9BrFNOS/c15-10-5-7-19-14(10)13(18)8-17-6-4-9-11(16)2-1-3-12(9)17/h1-7H,8H2. The smallest absolute Gasteiger partial charge is 0.193 e. The van der Waals surface area contributed by atoms with E-state index in [4.69, 9.17) is 0 Å². The Labute approximate surface area is 121 Å². The van der Waals surface area contributed by atoms with E-state index in [0.717, 1.165) is 9.99 Å². The second-order valence-electron chi connectivity index (χ2n) is 4.14. The van der Waals surface area contributed by atoms with Gasteiger partial charge in [0.05, 0.1) is 16.9 Å². The highest BCUT2D eigenvalue weighted by Crippen LogP contribution is 2.25. The molecule has 2 nitrogen and oxygen atoms in total. The van der Waals surface area contributed by atoms with Crippen LogP contribution in [0.1, 0.15) is 9.67 Å². The van der Waals surface area contributed by atoms with Crippen LogP contribution in [0, 0.1) is 5.82 Å². The lowest BCUT2D eigenvalue weighted by atomic mass is 10.2. The van der Waals surface area contributed by atoms with E-state index in [1.54, 1.807) is 22.9 Å². The number of rotatable bonds is 3. The first-order valence-corrected chi connectivity index (χ1v) is 7.33. The molecule has 0 fully saturated rings. The molecule has 0 aliphatic rings. The molecule has 0 spiro atoms. The van der Waals surface area contributed by atoms with Crippen molar-refractivity contribution in [2.24, 2.45) is 0 Å². The number of nitrogens with zero attached hydrogens (tertiary/aromatic N) is 1. The van der Waals surface area contributed by atoms with Gasteiger partial charge in [-0.05, 0) is 45.6 Å². The van der Waals surface area contributed by atoms with Crippen LogP contribution in [0.5, 0.6) is 0 Å². The van der Waals surface area contributed by atoms with Gasteiger partial charge < -0.3 is 4.57 Å². The fraction of sp³-hybridized carbons (Fsp3) is 0.0714. The van der Waals surface area contributed by atoms with Gasteiger partial charge in [-0.3, -0.25) is 4.79 Å². The van der Waals surface area contributed by atoms with Crippen LogP contribution in [-0.4, -0.2) is 10.4 Å². The van der Waals surface area contributed by atoms with Gasteiger partial charge in [-0.1, -0.05) is 6.07 Å². The Bertz CT molecular complexity index is 762. The summed E-state index contributed by atoms with van der Waals surface area (Å²) < 4.78 is 16.2. The molecule has 2 aromatic heterocycles. The molecule has 0 unspecified atom stereocenters. The normalized spacial score (nSPS) is 11.1. The minimum absolute atomic E-state index is 0.0173. The lowest BCUT2D eigenvalue weighted by Crippen LogP contribution is -2.08. The Kier molecular flexibility index (Phi) is 3.24. The third kappa shape index (κ3) is 2.24. The van der Waals surface area contributed by atoms with Gasteiger partial charge in [0.15, 0.2) is 5.78 Å². The van der Waals surface area contributed by atoms with Gasteiger partial charge in [0.25, 0.3) is 0 Å². The first-order valence-electron chi connectivity index (χ1n) is 5.66. The Morgan fingerprint density at radius 1 is 1.32 bits per heavy atom. The van der Waals surface area contributed by atoms with Crippen molar-refractivity contribution in [1.29, 1.82) is 0 Å². The quantitative estimate of drug-likeness (QED) is 0.645. The molecular weight excluding hydrogens is 329 g/mol. The van der Waals surface area contributed by atoms with Gasteiger partial charge in [0.1, 0.15) is 5.82 Å². The zero-order valence-electron chi connectivity index (χ0n) is 9.77. The molecular formula is C14H9BrFNOS. The summed E-state index contributed by atoms with van der Waals surface area (Å²) in [5.41, 5.74) is 0.737. The maximum Gasteiger partial charge on any atom is 0.193 e. The van der Waals surface area contributed by atoms with Crippen molar-refractivity contribution in [2.75, 3.05) is 0 Å². The number of hydrogen-bond acceptors (Lipinski definition) is 2. The van der Waals surface area contributed by atoms with E-state index in [-0.39, 0.29) is 18.1 Å². The average Bonchev–Trinajstić information content (AvgIpc) is 2.97. The van der Waals surface area contributed by atoms with Crippen LogP contribution < -0.4 is 0 Å². The molecule has 1 aromatic carbocycles. The van der Waals surface area contributed by atoms with Crippen molar-refractivity contribution in [3.63, 3.8) is 0 Å². The monoisotopic (exact) mass is 337 g/mol. The summed E-state index contributed by atoms with van der Waals surface area (Å²) >= 11 is 4.76. The Balaban J connectivity index is 1.96. The van der Waals surface area contributed by atoms with Gasteiger partial charge in [-0.2, -0.15) is 0 Å². The molecule has 0 N–H and O–H groups in total. The van der Waals surface area contributed by atoms with Crippen molar-refractivity contribution in [1.82, 2.24) is 4.57 Å². The van der Waals surface area contributed by atoms with Crippen LogP contribution in [0.25, 0.3) is 10.9 Å². The third-order valence-electron chi connectivity index (χ3n) is 2.94. The molecule has 0 saturated carbocycles. The number of carbonyl (C=O) groups excluding carboxylic acids is 1. The van der Waals surface area contributed by atoms with E-state index in [0.29, 0.717) is 10.3 Å². The van der Waals surface area contributed by atoms with Gasteiger partial charge in [0.2, 0.25) is 0 Å². The molecule has 0 aliphatic carbocycles. The van der Waals surface area contributed by atoms with Crippen molar-refractivity contribution in [2.45, 2.75) is 6.54 Å². The molecule has 0 atom stereocenters. The fourth-order valence-electron chi connectivity index (χ4n) is 2.04. The van der Waals surface area contributed by atoms with E-state index in [1.165, 1.54) is 17.4 Å². The Hall–Kier alpha value is -1.46. The van der Waals surface area contributed by atoms with Crippen molar-refractivity contribution < 1.29 is 9.18 Å². The largest absolute Gasteiger partial charge is 0.340 e. The lowest BCUT2D eigenvalue weighted by molar-refractivity contribution is 0.0977. The summed E-state index contributed by atoms with van der Waals surface area (Å²) in [5, 5.41) is 2.41. The molecule has 2 heterocycles. The summed E-state index contributed by atoms with van der Waals surface area (Å²) in [6.07, 6.45) is 1.74. The predicted molar refractivity (Wildman–Crippen MR) is 78.2 cm³/mol. The summed E-state index contributed by atoms with van der Waals surface area (Å²) in [5.74, 6) is -0.246. The second kappa shape index (κ2) is 4.90. The zero-order chi connectivity index (χ0) is 13.4. The fourth-order valence-corrected chi connectivity index (χ4v) is 3.57. The van der Waals surface area contributed by atoms with Gasteiger partial charge >= 0.3 is 0 Å². The Morgan fingerprint density at radius 3 is 2.89 bits per heavy atom. The molecule has 19 heavy (non-hydrogen) atoms. The summed E-state index contributed by atoms with van der Waals surface area (Å²) in [6, 6.07) is 8.44. The molecule has 0 aliphatic heterocycles. The maximum atomic E-state index is 13.6. The van der Waals surface area contributed by atoms with E-state index < -0.39 is 0 Å². The number of halogens is 2. The molecule has 5 heteroatoms. The molecule has 0 radical (unpaired) electrons. The van der Waals surface area contributed by atoms with Crippen LogP contribution in [0.3, 0.4) is 0 Å². The minimum atomic E-state index is -0.263. The number of thiophene rings is 1. The number of benzene rings is 1. The highest BCUT2D eigenvalue weighted by Gasteiger charge is 2.14. The van der Waals surface area contributed by atoms with E-state index in [9.17, 15) is 9.18 Å². The third-order valence-corrected chi connectivity index (χ3v) is 4.82. The number of Topliss-reactive ketones (excluding diaryl/α,β-unsaturated/α-hetero) is 1. The molecule has 3 rings (SSSR count). The van der Waals surface area contributed by atoms with E-state index in [1.807, 2.05) is 17.5 Å². The minimum Gasteiger partial charge on any atom is -0.340 e. The SMILES string of the molecule is O=C(Cn1ccc2c(F)cccc21)c1sccc1Br. The summed E-state index contributed by atoms with van der Waals surface area (Å²) in [6.45, 7) is 0.214. The molecule has 0 saturated heterocycles. The number of fused-ring (bicyclic) bond motifs is 1. The van der Waals surface area contributed by atoms with Crippen LogP contribution in [0.4, 0.5) is 4.39 Å². The van der Waals surface area contributed by atoms with Crippen molar-refractivity contribution in [3.8, 4) is 0 Å². The molecule has 96 valence electrons. The van der Waals surface area contributed by atoms with Crippen LogP contribution in [-0.2, 0) is 6.54 Å². The Morgan fingerprint density at radius 2 is 2.16 bits per heavy atom. The highest BCUT2D eigenvalue weighted by molar-refractivity contribution is 9.10. The molecule has 0 bridgehead atoms. The van der Waals surface area contributed by atoms with Crippen LogP contribution in [0.2, 0.25) is 0 Å². The first-order chi connectivity index (χ1) is 9.16. The average molecular weight is 338 g/mol. The van der Waals surface area contributed by atoms with Gasteiger partial charge in [0, 0.05) is 16.1 Å². The number of ketones is 1. The lowest BCUT2D eigenvalue weighted by Gasteiger charge is -2.04. The topological polar surface area (TPSA) is 22.0 Å². The van der Waals surface area contributed by atoms with Crippen molar-refractivity contribution in [3.05, 3.63) is 57.1 Å². The summed E-state index contributed by atoms with van der Waals surface area (Å²) in [7, 11) is 0. The highest BCUT2D eigenvalue weighted by atomic mass is 79.9. The molecule has 0 amide bonds. The van der Waals surface area contributed by atoms with E-state index >= 15 is 0 Å². The number of hydrogen-bond donors (Lipinski definition) is 0. The summed E-state index contributed by atoms with van der Waals surface area (Å²) in [4.78, 5) is 12.9. The maximum absolute atomic E-state index is 13.6. The molecule has 3 aromatic rings. The van der Waals surface area contributed by atoms with Crippen molar-refractivity contribution >= 4 is 44.0 Å². The van der Waals surface area contributed by atoms with Gasteiger partial charge in [-0.25, -0.2) is 4.39 Å². The second-order valence-corrected chi connectivity index (χ2v) is 5.91. The zero-order valence-corrected chi connectivity index (χ0v) is 12.2. The number of carbonyl (C=O) groups is 1. The number of aromatic nitrogens is 1.